The van der Waals surface area contributed by atoms with E-state index in [-0.39, 0.29) is 0 Å². The minimum atomic E-state index is 0.342. The topological polar surface area (TPSA) is 29.0 Å². The fourth-order valence-electron chi connectivity index (χ4n) is 2.00. The smallest absolute Gasteiger partial charge is 0.171 e. The van der Waals surface area contributed by atoms with E-state index >= 15 is 0 Å². The molecule has 1 saturated heterocycles. The fourth-order valence-corrected chi connectivity index (χ4v) is 3.39. The van der Waals surface area contributed by atoms with E-state index in [4.69, 9.17) is 11.6 Å². The lowest BCUT2D eigenvalue weighted by molar-refractivity contribution is 0.634. The lowest BCUT2D eigenvalue weighted by atomic mass is 10.1. The lowest BCUT2D eigenvalue weighted by Gasteiger charge is -2.24. The van der Waals surface area contributed by atoms with Gasteiger partial charge in [0.25, 0.3) is 0 Å². The molecule has 2 rings (SSSR count). The van der Waals surface area contributed by atoms with Crippen molar-refractivity contribution in [1.29, 1.82) is 0 Å². The molecule has 0 atom stereocenters. The Morgan fingerprint density at radius 3 is 2.56 bits per heavy atom. The van der Waals surface area contributed by atoms with Gasteiger partial charge in [-0.05, 0) is 20.3 Å². The molecule has 0 spiro atoms. The molecule has 0 N–H and O–H groups in total. The molecule has 0 aliphatic carbocycles. The molecule has 0 aromatic carbocycles. The van der Waals surface area contributed by atoms with Crippen molar-refractivity contribution in [3.8, 4) is 0 Å². The highest BCUT2D eigenvalue weighted by Gasteiger charge is 2.25. The van der Waals surface area contributed by atoms with Gasteiger partial charge in [-0.3, -0.25) is 0 Å². The standard InChI is InChI=1S/C13H20ClN3S/c1-9-10(2)16-12(11(14)15-9)17-6-5-13(3,4)18-8-7-17/h5-8H2,1-4H3. The maximum absolute atomic E-state index is 6.24. The van der Waals surface area contributed by atoms with Crippen LogP contribution in [0.4, 0.5) is 5.82 Å². The van der Waals surface area contributed by atoms with Crippen LogP contribution in [0.2, 0.25) is 5.15 Å². The van der Waals surface area contributed by atoms with Gasteiger partial charge in [-0.1, -0.05) is 25.4 Å². The molecule has 18 heavy (non-hydrogen) atoms. The van der Waals surface area contributed by atoms with Crippen LogP contribution in [0.1, 0.15) is 31.7 Å². The minimum absolute atomic E-state index is 0.342. The van der Waals surface area contributed by atoms with Crippen LogP contribution in [0, 0.1) is 13.8 Å². The predicted octanol–water partition coefficient (Wildman–Crippen LogP) is 3.47. The molecular weight excluding hydrogens is 266 g/mol. The Balaban J connectivity index is 2.24. The Kier molecular flexibility index (Phi) is 4.07. The first-order valence-corrected chi connectivity index (χ1v) is 7.65. The lowest BCUT2D eigenvalue weighted by Crippen LogP contribution is -2.28. The molecule has 1 aliphatic rings. The molecule has 5 heteroatoms. The molecule has 0 unspecified atom stereocenters. The number of anilines is 1. The third kappa shape index (κ3) is 3.09. The molecule has 1 aliphatic heterocycles. The van der Waals surface area contributed by atoms with Crippen LogP contribution in [0.15, 0.2) is 0 Å². The molecule has 3 nitrogen and oxygen atoms in total. The summed E-state index contributed by atoms with van der Waals surface area (Å²) in [5, 5.41) is 0.530. The van der Waals surface area contributed by atoms with Gasteiger partial charge in [0, 0.05) is 23.6 Å². The van der Waals surface area contributed by atoms with Gasteiger partial charge in [0.1, 0.15) is 0 Å². The predicted molar refractivity (Wildman–Crippen MR) is 79.9 cm³/mol. The highest BCUT2D eigenvalue weighted by Crippen LogP contribution is 2.33. The zero-order valence-corrected chi connectivity index (χ0v) is 13.0. The number of aryl methyl sites for hydroxylation is 2. The summed E-state index contributed by atoms with van der Waals surface area (Å²) in [7, 11) is 0. The van der Waals surface area contributed by atoms with Crippen molar-refractivity contribution in [3.63, 3.8) is 0 Å². The number of thioether (sulfide) groups is 1. The van der Waals surface area contributed by atoms with Gasteiger partial charge >= 0.3 is 0 Å². The van der Waals surface area contributed by atoms with Gasteiger partial charge in [-0.25, -0.2) is 9.97 Å². The minimum Gasteiger partial charge on any atom is -0.353 e. The molecule has 2 heterocycles. The SMILES string of the molecule is Cc1nc(Cl)c(N2CCSC(C)(C)CC2)nc1C. The number of nitrogens with zero attached hydrogens (tertiary/aromatic N) is 3. The van der Waals surface area contributed by atoms with Crippen LogP contribution in [-0.2, 0) is 0 Å². The molecule has 100 valence electrons. The summed E-state index contributed by atoms with van der Waals surface area (Å²) in [4.78, 5) is 11.2. The molecule has 1 aromatic heterocycles. The first-order valence-electron chi connectivity index (χ1n) is 6.29. The van der Waals surface area contributed by atoms with Gasteiger partial charge < -0.3 is 4.90 Å². The summed E-state index contributed by atoms with van der Waals surface area (Å²) in [6, 6.07) is 0. The first kappa shape index (κ1) is 13.9. The van der Waals surface area contributed by atoms with Crippen molar-refractivity contribution < 1.29 is 0 Å². The van der Waals surface area contributed by atoms with Crippen molar-refractivity contribution >= 4 is 29.2 Å². The molecule has 0 bridgehead atoms. The quantitative estimate of drug-likeness (QED) is 0.790. The van der Waals surface area contributed by atoms with E-state index in [0.717, 1.165) is 42.5 Å². The van der Waals surface area contributed by atoms with Crippen LogP contribution in [0.5, 0.6) is 0 Å². The highest BCUT2D eigenvalue weighted by molar-refractivity contribution is 8.00. The summed E-state index contributed by atoms with van der Waals surface area (Å²) in [6.07, 6.45) is 1.14. The van der Waals surface area contributed by atoms with Crippen LogP contribution in [0.25, 0.3) is 0 Å². The van der Waals surface area contributed by atoms with E-state index < -0.39 is 0 Å². The zero-order valence-electron chi connectivity index (χ0n) is 11.5. The van der Waals surface area contributed by atoms with Gasteiger partial charge in [-0.15, -0.1) is 0 Å². The van der Waals surface area contributed by atoms with Crippen LogP contribution in [0.3, 0.4) is 0 Å². The van der Waals surface area contributed by atoms with Crippen molar-refractivity contribution in [2.45, 2.75) is 38.9 Å². The van der Waals surface area contributed by atoms with E-state index in [2.05, 4.69) is 28.7 Å². The van der Waals surface area contributed by atoms with Gasteiger partial charge in [-0.2, -0.15) is 11.8 Å². The third-order valence-corrected chi connectivity index (χ3v) is 5.01. The Morgan fingerprint density at radius 2 is 1.83 bits per heavy atom. The van der Waals surface area contributed by atoms with E-state index in [1.54, 1.807) is 0 Å². The summed E-state index contributed by atoms with van der Waals surface area (Å²) < 4.78 is 0.342. The Morgan fingerprint density at radius 1 is 1.17 bits per heavy atom. The largest absolute Gasteiger partial charge is 0.353 e. The van der Waals surface area contributed by atoms with Crippen molar-refractivity contribution in [3.05, 3.63) is 16.5 Å². The molecule has 1 fully saturated rings. The second kappa shape index (κ2) is 5.25. The summed E-state index contributed by atoms with van der Waals surface area (Å²) in [6.45, 7) is 10.5. The third-order valence-electron chi connectivity index (χ3n) is 3.38. The molecule has 0 radical (unpaired) electrons. The Bertz CT molecular complexity index is 448. The molecule has 0 amide bonds. The van der Waals surface area contributed by atoms with Crippen LogP contribution in [-0.4, -0.2) is 33.6 Å². The van der Waals surface area contributed by atoms with Gasteiger partial charge in [0.05, 0.1) is 11.4 Å². The monoisotopic (exact) mass is 285 g/mol. The normalized spacial score (nSPS) is 19.7. The Hall–Kier alpha value is -0.480. The highest BCUT2D eigenvalue weighted by atomic mass is 35.5. The molecule has 1 aromatic rings. The summed E-state index contributed by atoms with van der Waals surface area (Å²) in [5.74, 6) is 1.95. The van der Waals surface area contributed by atoms with Crippen LogP contribution >= 0.6 is 23.4 Å². The fraction of sp³-hybridized carbons (Fsp3) is 0.692. The van der Waals surface area contributed by atoms with Crippen LogP contribution < -0.4 is 4.90 Å². The summed E-state index contributed by atoms with van der Waals surface area (Å²) >= 11 is 8.26. The number of aromatic nitrogens is 2. The van der Waals surface area contributed by atoms with Gasteiger partial charge in [0.2, 0.25) is 0 Å². The average molecular weight is 286 g/mol. The second-order valence-corrected chi connectivity index (χ2v) is 7.51. The van der Waals surface area contributed by atoms with Gasteiger partial charge in [0.15, 0.2) is 11.0 Å². The zero-order chi connectivity index (χ0) is 13.3. The van der Waals surface area contributed by atoms with Crippen molar-refractivity contribution in [2.75, 3.05) is 23.7 Å². The maximum Gasteiger partial charge on any atom is 0.171 e. The molecular formula is C13H20ClN3S. The number of hydrogen-bond donors (Lipinski definition) is 0. The Labute approximate surface area is 118 Å². The maximum atomic E-state index is 6.24. The van der Waals surface area contributed by atoms with E-state index in [9.17, 15) is 0 Å². The van der Waals surface area contributed by atoms with E-state index in [1.807, 2.05) is 25.6 Å². The molecule has 0 saturated carbocycles. The van der Waals surface area contributed by atoms with E-state index in [0.29, 0.717) is 9.90 Å². The number of rotatable bonds is 1. The number of hydrogen-bond acceptors (Lipinski definition) is 4. The second-order valence-electron chi connectivity index (χ2n) is 5.35. The van der Waals surface area contributed by atoms with Crippen molar-refractivity contribution in [2.24, 2.45) is 0 Å². The van der Waals surface area contributed by atoms with Crippen molar-refractivity contribution in [1.82, 2.24) is 9.97 Å². The number of halogens is 1. The summed E-state index contributed by atoms with van der Waals surface area (Å²) in [5.41, 5.74) is 1.87. The average Bonchev–Trinajstić information content (AvgIpc) is 2.45. The van der Waals surface area contributed by atoms with E-state index in [1.165, 1.54) is 0 Å². The first-order chi connectivity index (χ1) is 8.39.